The van der Waals surface area contributed by atoms with Crippen molar-refractivity contribution in [3.05, 3.63) is 36.5 Å². The number of hydrogen-bond acceptors (Lipinski definition) is 5. The number of fused-ring (bicyclic) bond motifs is 1. The maximum Gasteiger partial charge on any atom is 0.223 e. The third-order valence-electron chi connectivity index (χ3n) is 2.79. The molecule has 4 nitrogen and oxygen atoms in total. The van der Waals surface area contributed by atoms with Gasteiger partial charge in [-0.05, 0) is 24.3 Å². The van der Waals surface area contributed by atoms with Crippen LogP contribution in [0.4, 0.5) is 0 Å². The number of nitrogens with zero attached hydrogens (tertiary/aromatic N) is 2. The monoisotopic (exact) mass is 272 g/mol. The van der Waals surface area contributed by atoms with E-state index in [1.165, 1.54) is 0 Å². The first-order valence-electron chi connectivity index (χ1n) is 5.76. The van der Waals surface area contributed by atoms with Gasteiger partial charge in [0.05, 0.1) is 30.0 Å². The van der Waals surface area contributed by atoms with Gasteiger partial charge in [0.1, 0.15) is 10.8 Å². The molecule has 0 spiro atoms. The lowest BCUT2D eigenvalue weighted by atomic mass is 10.3. The second-order valence-electron chi connectivity index (χ2n) is 3.91. The van der Waals surface area contributed by atoms with Gasteiger partial charge in [0.2, 0.25) is 5.88 Å². The molecule has 19 heavy (non-hydrogen) atoms. The normalized spacial score (nSPS) is 10.6. The van der Waals surface area contributed by atoms with Crippen LogP contribution in [0.15, 0.2) is 36.5 Å². The number of methoxy groups -OCH3 is 2. The quantitative estimate of drug-likeness (QED) is 0.733. The molecule has 0 saturated carbocycles. The highest BCUT2D eigenvalue weighted by atomic mass is 32.1. The predicted octanol–water partition coefficient (Wildman–Crippen LogP) is 3.38. The molecule has 0 aliphatic heterocycles. The number of hydrogen-bond donors (Lipinski definition) is 0. The Kier molecular flexibility index (Phi) is 3.05. The van der Waals surface area contributed by atoms with Crippen molar-refractivity contribution in [1.82, 2.24) is 9.97 Å². The summed E-state index contributed by atoms with van der Waals surface area (Å²) in [7, 11) is 3.26. The lowest BCUT2D eigenvalue weighted by Gasteiger charge is -2.02. The molecule has 0 amide bonds. The fraction of sp³-hybridized carbons (Fsp3) is 0.143. The lowest BCUT2D eigenvalue weighted by molar-refractivity contribution is 0.399. The predicted molar refractivity (Wildman–Crippen MR) is 76.0 cm³/mol. The third-order valence-corrected chi connectivity index (χ3v) is 3.86. The highest BCUT2D eigenvalue weighted by Crippen LogP contribution is 2.35. The second kappa shape index (κ2) is 4.85. The van der Waals surface area contributed by atoms with Crippen molar-refractivity contribution in [2.24, 2.45) is 0 Å². The van der Waals surface area contributed by atoms with Gasteiger partial charge in [-0.25, -0.2) is 9.97 Å². The van der Waals surface area contributed by atoms with Gasteiger partial charge < -0.3 is 9.47 Å². The molecule has 0 N–H and O–H groups in total. The van der Waals surface area contributed by atoms with Gasteiger partial charge >= 0.3 is 0 Å². The SMILES string of the molecule is COc1ccc2sc(-c3cccnc3OC)nc2c1. The van der Waals surface area contributed by atoms with E-state index >= 15 is 0 Å². The van der Waals surface area contributed by atoms with Gasteiger partial charge in [-0.3, -0.25) is 0 Å². The summed E-state index contributed by atoms with van der Waals surface area (Å²) in [5, 5.41) is 0.896. The molecule has 2 aromatic heterocycles. The molecule has 0 saturated heterocycles. The molecule has 0 atom stereocenters. The van der Waals surface area contributed by atoms with Gasteiger partial charge in [-0.1, -0.05) is 0 Å². The molecule has 96 valence electrons. The van der Waals surface area contributed by atoms with Crippen LogP contribution in [0.1, 0.15) is 0 Å². The van der Waals surface area contributed by atoms with Crippen molar-refractivity contribution < 1.29 is 9.47 Å². The van der Waals surface area contributed by atoms with Gasteiger partial charge in [0.25, 0.3) is 0 Å². The fourth-order valence-corrected chi connectivity index (χ4v) is 2.83. The smallest absolute Gasteiger partial charge is 0.223 e. The lowest BCUT2D eigenvalue weighted by Crippen LogP contribution is -1.90. The van der Waals surface area contributed by atoms with E-state index in [-0.39, 0.29) is 0 Å². The van der Waals surface area contributed by atoms with Crippen LogP contribution in [0.5, 0.6) is 11.6 Å². The van der Waals surface area contributed by atoms with E-state index in [9.17, 15) is 0 Å². The molecular weight excluding hydrogens is 260 g/mol. The number of rotatable bonds is 3. The number of thiazole rings is 1. The first kappa shape index (κ1) is 11.9. The Hall–Kier alpha value is -2.14. The van der Waals surface area contributed by atoms with Gasteiger partial charge in [0, 0.05) is 12.3 Å². The van der Waals surface area contributed by atoms with Gasteiger partial charge in [0.15, 0.2) is 0 Å². The number of pyridine rings is 1. The van der Waals surface area contributed by atoms with E-state index in [1.807, 2.05) is 30.3 Å². The molecule has 0 aliphatic carbocycles. The summed E-state index contributed by atoms with van der Waals surface area (Å²) >= 11 is 1.61. The summed E-state index contributed by atoms with van der Waals surface area (Å²) in [6.07, 6.45) is 1.71. The van der Waals surface area contributed by atoms with Crippen molar-refractivity contribution in [2.75, 3.05) is 14.2 Å². The zero-order chi connectivity index (χ0) is 13.2. The molecular formula is C14H12N2O2S. The standard InChI is InChI=1S/C14H12N2O2S/c1-17-9-5-6-12-11(8-9)16-14(19-12)10-4-3-7-15-13(10)18-2/h3-8H,1-2H3. The molecule has 3 aromatic rings. The van der Waals surface area contributed by atoms with Gasteiger partial charge in [-0.15, -0.1) is 11.3 Å². The van der Waals surface area contributed by atoms with Crippen LogP contribution < -0.4 is 9.47 Å². The van der Waals surface area contributed by atoms with Crippen molar-refractivity contribution >= 4 is 21.6 Å². The maximum absolute atomic E-state index is 5.27. The molecule has 0 fully saturated rings. The summed E-state index contributed by atoms with van der Waals surface area (Å²) in [6, 6.07) is 9.71. The molecule has 0 bridgehead atoms. The van der Waals surface area contributed by atoms with Crippen LogP contribution in [0.2, 0.25) is 0 Å². The van der Waals surface area contributed by atoms with Gasteiger partial charge in [-0.2, -0.15) is 0 Å². The summed E-state index contributed by atoms with van der Waals surface area (Å²) < 4.78 is 11.6. The van der Waals surface area contributed by atoms with E-state index in [4.69, 9.17) is 9.47 Å². The summed E-state index contributed by atoms with van der Waals surface area (Å²) in [4.78, 5) is 8.82. The summed E-state index contributed by atoms with van der Waals surface area (Å²) in [6.45, 7) is 0. The Morgan fingerprint density at radius 3 is 2.79 bits per heavy atom. The zero-order valence-corrected chi connectivity index (χ0v) is 11.4. The van der Waals surface area contributed by atoms with Crippen LogP contribution in [-0.2, 0) is 0 Å². The Labute approximate surface area is 114 Å². The van der Waals surface area contributed by atoms with Crippen LogP contribution in [0.25, 0.3) is 20.8 Å². The minimum atomic E-state index is 0.591. The minimum absolute atomic E-state index is 0.591. The first-order chi connectivity index (χ1) is 9.31. The Bertz CT molecular complexity index is 724. The molecule has 2 heterocycles. The number of benzene rings is 1. The Balaban J connectivity index is 2.15. The third kappa shape index (κ3) is 2.13. The average molecular weight is 272 g/mol. The van der Waals surface area contributed by atoms with E-state index in [0.717, 1.165) is 26.5 Å². The second-order valence-corrected chi connectivity index (χ2v) is 4.94. The molecule has 0 unspecified atom stereocenters. The molecule has 0 radical (unpaired) electrons. The molecule has 0 aliphatic rings. The first-order valence-corrected chi connectivity index (χ1v) is 6.57. The highest BCUT2D eigenvalue weighted by Gasteiger charge is 2.12. The van der Waals surface area contributed by atoms with E-state index in [0.29, 0.717) is 5.88 Å². The minimum Gasteiger partial charge on any atom is -0.497 e. The highest BCUT2D eigenvalue weighted by molar-refractivity contribution is 7.21. The average Bonchev–Trinajstić information content (AvgIpc) is 2.89. The Morgan fingerprint density at radius 1 is 1.11 bits per heavy atom. The van der Waals surface area contributed by atoms with Crippen LogP contribution in [-0.4, -0.2) is 24.2 Å². The topological polar surface area (TPSA) is 44.2 Å². The fourth-order valence-electron chi connectivity index (χ4n) is 1.87. The van der Waals surface area contributed by atoms with Crippen molar-refractivity contribution in [1.29, 1.82) is 0 Å². The van der Waals surface area contributed by atoms with E-state index in [2.05, 4.69) is 9.97 Å². The number of aromatic nitrogens is 2. The van der Waals surface area contributed by atoms with Crippen LogP contribution in [0.3, 0.4) is 0 Å². The van der Waals surface area contributed by atoms with Crippen molar-refractivity contribution in [2.45, 2.75) is 0 Å². The number of ether oxygens (including phenoxy) is 2. The molecule has 5 heteroatoms. The molecule has 1 aromatic carbocycles. The largest absolute Gasteiger partial charge is 0.497 e. The van der Waals surface area contributed by atoms with Crippen LogP contribution >= 0.6 is 11.3 Å². The van der Waals surface area contributed by atoms with E-state index < -0.39 is 0 Å². The van der Waals surface area contributed by atoms with Crippen molar-refractivity contribution in [3.8, 4) is 22.2 Å². The Morgan fingerprint density at radius 2 is 2.00 bits per heavy atom. The van der Waals surface area contributed by atoms with Crippen LogP contribution in [0, 0.1) is 0 Å². The zero-order valence-electron chi connectivity index (χ0n) is 10.6. The maximum atomic E-state index is 5.27. The summed E-state index contributed by atoms with van der Waals surface area (Å²) in [5.41, 5.74) is 1.83. The van der Waals surface area contributed by atoms with Crippen molar-refractivity contribution in [3.63, 3.8) is 0 Å². The molecule has 3 rings (SSSR count). The van der Waals surface area contributed by atoms with E-state index in [1.54, 1.807) is 31.8 Å². The summed E-state index contributed by atoms with van der Waals surface area (Å²) in [5.74, 6) is 1.40.